The SMILES string of the molecule is COc1cccc(-c2ccc(C)c(CCN)c2)c1. The van der Waals surface area contributed by atoms with E-state index in [1.165, 1.54) is 22.3 Å². The van der Waals surface area contributed by atoms with Gasteiger partial charge in [-0.2, -0.15) is 0 Å². The van der Waals surface area contributed by atoms with Crippen molar-refractivity contribution in [1.29, 1.82) is 0 Å². The van der Waals surface area contributed by atoms with Crippen molar-refractivity contribution >= 4 is 0 Å². The van der Waals surface area contributed by atoms with Crippen molar-refractivity contribution in [3.05, 3.63) is 53.6 Å². The maximum Gasteiger partial charge on any atom is 0.119 e. The molecular formula is C16H19NO. The molecule has 2 aromatic carbocycles. The molecular weight excluding hydrogens is 222 g/mol. The summed E-state index contributed by atoms with van der Waals surface area (Å²) < 4.78 is 5.26. The van der Waals surface area contributed by atoms with E-state index in [2.05, 4.69) is 37.3 Å². The van der Waals surface area contributed by atoms with Gasteiger partial charge in [-0.05, 0) is 54.3 Å². The van der Waals surface area contributed by atoms with Crippen molar-refractivity contribution in [1.82, 2.24) is 0 Å². The van der Waals surface area contributed by atoms with Gasteiger partial charge in [0, 0.05) is 0 Å². The van der Waals surface area contributed by atoms with Crippen LogP contribution in [0.5, 0.6) is 5.75 Å². The molecule has 0 atom stereocenters. The minimum atomic E-state index is 0.683. The second kappa shape index (κ2) is 5.69. The first-order valence-corrected chi connectivity index (χ1v) is 6.18. The summed E-state index contributed by atoms with van der Waals surface area (Å²) >= 11 is 0. The van der Waals surface area contributed by atoms with E-state index in [0.29, 0.717) is 6.54 Å². The molecule has 2 N–H and O–H groups in total. The highest BCUT2D eigenvalue weighted by atomic mass is 16.5. The summed E-state index contributed by atoms with van der Waals surface area (Å²) in [6, 6.07) is 14.6. The third-order valence-electron chi connectivity index (χ3n) is 3.17. The fourth-order valence-electron chi connectivity index (χ4n) is 2.08. The van der Waals surface area contributed by atoms with Gasteiger partial charge in [0.05, 0.1) is 7.11 Å². The summed E-state index contributed by atoms with van der Waals surface area (Å²) in [5, 5.41) is 0. The molecule has 0 bridgehead atoms. The highest BCUT2D eigenvalue weighted by Gasteiger charge is 2.03. The lowest BCUT2D eigenvalue weighted by molar-refractivity contribution is 0.415. The van der Waals surface area contributed by atoms with E-state index < -0.39 is 0 Å². The molecule has 0 amide bonds. The van der Waals surface area contributed by atoms with Gasteiger partial charge in [0.15, 0.2) is 0 Å². The summed E-state index contributed by atoms with van der Waals surface area (Å²) in [6.45, 7) is 2.81. The molecule has 0 heterocycles. The summed E-state index contributed by atoms with van der Waals surface area (Å²) in [6.07, 6.45) is 0.920. The Kier molecular flexibility index (Phi) is 4.00. The summed E-state index contributed by atoms with van der Waals surface area (Å²) in [4.78, 5) is 0. The molecule has 2 aromatic rings. The number of nitrogens with two attached hydrogens (primary N) is 1. The van der Waals surface area contributed by atoms with E-state index in [1.807, 2.05) is 12.1 Å². The van der Waals surface area contributed by atoms with Crippen LogP contribution in [-0.4, -0.2) is 13.7 Å². The van der Waals surface area contributed by atoms with Crippen LogP contribution >= 0.6 is 0 Å². The van der Waals surface area contributed by atoms with Crippen molar-refractivity contribution in [3.8, 4) is 16.9 Å². The Morgan fingerprint density at radius 1 is 1.06 bits per heavy atom. The Balaban J connectivity index is 2.40. The van der Waals surface area contributed by atoms with Crippen LogP contribution in [-0.2, 0) is 6.42 Å². The fourth-order valence-corrected chi connectivity index (χ4v) is 2.08. The molecule has 0 fully saturated rings. The van der Waals surface area contributed by atoms with E-state index in [-0.39, 0.29) is 0 Å². The summed E-state index contributed by atoms with van der Waals surface area (Å²) in [7, 11) is 1.69. The largest absolute Gasteiger partial charge is 0.497 e. The van der Waals surface area contributed by atoms with Crippen molar-refractivity contribution in [2.45, 2.75) is 13.3 Å². The lowest BCUT2D eigenvalue weighted by Crippen LogP contribution is -2.04. The van der Waals surface area contributed by atoms with E-state index in [4.69, 9.17) is 10.5 Å². The van der Waals surface area contributed by atoms with Crippen LogP contribution in [0.1, 0.15) is 11.1 Å². The van der Waals surface area contributed by atoms with Crippen LogP contribution < -0.4 is 10.5 Å². The molecule has 0 aliphatic heterocycles. The quantitative estimate of drug-likeness (QED) is 0.892. The smallest absolute Gasteiger partial charge is 0.119 e. The van der Waals surface area contributed by atoms with Crippen LogP contribution in [0.3, 0.4) is 0 Å². The molecule has 0 saturated carbocycles. The van der Waals surface area contributed by atoms with Gasteiger partial charge >= 0.3 is 0 Å². The standard InChI is InChI=1S/C16H19NO/c1-12-6-7-15(10-13(12)8-9-17)14-4-3-5-16(11-14)18-2/h3-7,10-11H,8-9,17H2,1-2H3. The first-order valence-electron chi connectivity index (χ1n) is 6.18. The molecule has 2 nitrogen and oxygen atoms in total. The lowest BCUT2D eigenvalue weighted by Gasteiger charge is -2.09. The maximum atomic E-state index is 5.64. The molecule has 0 saturated heterocycles. The Bertz CT molecular complexity index is 534. The maximum absolute atomic E-state index is 5.64. The second-order valence-electron chi connectivity index (χ2n) is 4.41. The lowest BCUT2D eigenvalue weighted by atomic mass is 9.98. The molecule has 0 aliphatic rings. The van der Waals surface area contributed by atoms with Crippen LogP contribution in [0, 0.1) is 6.92 Å². The van der Waals surface area contributed by atoms with Crippen LogP contribution in [0.15, 0.2) is 42.5 Å². The number of hydrogen-bond donors (Lipinski definition) is 1. The monoisotopic (exact) mass is 241 g/mol. The van der Waals surface area contributed by atoms with Gasteiger partial charge in [0.2, 0.25) is 0 Å². The number of methoxy groups -OCH3 is 1. The minimum absolute atomic E-state index is 0.683. The Morgan fingerprint density at radius 2 is 1.83 bits per heavy atom. The van der Waals surface area contributed by atoms with E-state index >= 15 is 0 Å². The number of hydrogen-bond acceptors (Lipinski definition) is 2. The topological polar surface area (TPSA) is 35.2 Å². The second-order valence-corrected chi connectivity index (χ2v) is 4.41. The predicted molar refractivity (Wildman–Crippen MR) is 75.9 cm³/mol. The normalized spacial score (nSPS) is 10.4. The molecule has 0 radical (unpaired) electrons. The number of ether oxygens (including phenoxy) is 1. The fraction of sp³-hybridized carbons (Fsp3) is 0.250. The van der Waals surface area contributed by atoms with Gasteiger partial charge in [-0.3, -0.25) is 0 Å². The zero-order valence-corrected chi connectivity index (χ0v) is 10.9. The van der Waals surface area contributed by atoms with Gasteiger partial charge in [-0.25, -0.2) is 0 Å². The van der Waals surface area contributed by atoms with Crippen LogP contribution in [0.4, 0.5) is 0 Å². The average molecular weight is 241 g/mol. The minimum Gasteiger partial charge on any atom is -0.497 e. The average Bonchev–Trinajstić information content (AvgIpc) is 2.41. The Morgan fingerprint density at radius 3 is 2.56 bits per heavy atom. The van der Waals surface area contributed by atoms with Crippen LogP contribution in [0.25, 0.3) is 11.1 Å². The molecule has 2 heteroatoms. The number of rotatable bonds is 4. The van der Waals surface area contributed by atoms with Gasteiger partial charge in [-0.1, -0.05) is 30.3 Å². The van der Waals surface area contributed by atoms with Gasteiger partial charge in [0.1, 0.15) is 5.75 Å². The van der Waals surface area contributed by atoms with Crippen LogP contribution in [0.2, 0.25) is 0 Å². The molecule has 2 rings (SSSR count). The number of benzene rings is 2. The van der Waals surface area contributed by atoms with Gasteiger partial charge in [0.25, 0.3) is 0 Å². The summed E-state index contributed by atoms with van der Waals surface area (Å²) in [5.41, 5.74) is 10.6. The first kappa shape index (κ1) is 12.7. The zero-order chi connectivity index (χ0) is 13.0. The Hall–Kier alpha value is -1.80. The molecule has 0 aromatic heterocycles. The van der Waals surface area contributed by atoms with Crippen molar-refractivity contribution in [3.63, 3.8) is 0 Å². The van der Waals surface area contributed by atoms with E-state index in [0.717, 1.165) is 12.2 Å². The third kappa shape index (κ3) is 2.71. The summed E-state index contributed by atoms with van der Waals surface area (Å²) in [5.74, 6) is 0.883. The van der Waals surface area contributed by atoms with Gasteiger partial charge < -0.3 is 10.5 Å². The first-order chi connectivity index (χ1) is 8.74. The van der Waals surface area contributed by atoms with Crippen molar-refractivity contribution < 1.29 is 4.74 Å². The third-order valence-corrected chi connectivity index (χ3v) is 3.17. The molecule has 0 spiro atoms. The molecule has 94 valence electrons. The zero-order valence-electron chi connectivity index (χ0n) is 10.9. The Labute approximate surface area is 108 Å². The molecule has 0 unspecified atom stereocenters. The highest BCUT2D eigenvalue weighted by molar-refractivity contribution is 5.66. The van der Waals surface area contributed by atoms with Crippen molar-refractivity contribution in [2.24, 2.45) is 5.73 Å². The highest BCUT2D eigenvalue weighted by Crippen LogP contribution is 2.25. The molecule has 0 aliphatic carbocycles. The molecule has 18 heavy (non-hydrogen) atoms. The predicted octanol–water partition coefficient (Wildman–Crippen LogP) is 3.17. The van der Waals surface area contributed by atoms with E-state index in [1.54, 1.807) is 7.11 Å². The van der Waals surface area contributed by atoms with E-state index in [9.17, 15) is 0 Å². The van der Waals surface area contributed by atoms with Gasteiger partial charge in [-0.15, -0.1) is 0 Å². The van der Waals surface area contributed by atoms with Crippen molar-refractivity contribution in [2.75, 3.05) is 13.7 Å². The number of aryl methyl sites for hydroxylation is 1.